The molecule has 1 atom stereocenters. The van der Waals surface area contributed by atoms with Gasteiger partial charge in [-0.15, -0.1) is 0 Å². The zero-order chi connectivity index (χ0) is 22.8. The molecule has 170 valence electrons. The summed E-state index contributed by atoms with van der Waals surface area (Å²) >= 11 is 0. The van der Waals surface area contributed by atoms with Crippen LogP contribution < -0.4 is 4.74 Å². The van der Waals surface area contributed by atoms with Crippen molar-refractivity contribution in [3.63, 3.8) is 0 Å². The Morgan fingerprint density at radius 3 is 2.44 bits per heavy atom. The first kappa shape index (κ1) is 22.7. The van der Waals surface area contributed by atoms with Crippen LogP contribution in [-0.2, 0) is 11.0 Å². The number of nitrogens with zero attached hydrogens (tertiary/aromatic N) is 2. The molecule has 2 N–H and O–H groups in total. The van der Waals surface area contributed by atoms with Gasteiger partial charge in [0.2, 0.25) is 0 Å². The van der Waals surface area contributed by atoms with Gasteiger partial charge in [-0.3, -0.25) is 4.98 Å². The summed E-state index contributed by atoms with van der Waals surface area (Å²) in [7, 11) is 0. The van der Waals surface area contributed by atoms with Crippen LogP contribution in [0.25, 0.3) is 10.9 Å². The van der Waals surface area contributed by atoms with Crippen molar-refractivity contribution < 1.29 is 14.9 Å². The summed E-state index contributed by atoms with van der Waals surface area (Å²) in [6, 6.07) is 18.0. The van der Waals surface area contributed by atoms with Gasteiger partial charge in [-0.05, 0) is 48.1 Å². The van der Waals surface area contributed by atoms with Crippen molar-refractivity contribution in [3.8, 4) is 5.75 Å². The molecule has 0 spiro atoms. The van der Waals surface area contributed by atoms with Crippen molar-refractivity contribution in [2.24, 2.45) is 0 Å². The first-order chi connectivity index (χ1) is 15.2. The number of hydrogen-bond acceptors (Lipinski definition) is 5. The first-order valence-electron chi connectivity index (χ1n) is 11.5. The standard InChI is InChI=1S/C27H34N2O3/c1-26(2,3)21-8-10-23(11-9-21)32-25(30)12-15-29-16-13-27(31,14-17-29)22-18-20-6-4-5-7-24(20)28-19-22/h4-11,18-19,25,30-31H,12-17H2,1-3H3. The molecule has 1 unspecified atom stereocenters. The Bertz CT molecular complexity index is 1030. The van der Waals surface area contributed by atoms with Crippen LogP contribution in [0.5, 0.6) is 5.75 Å². The summed E-state index contributed by atoms with van der Waals surface area (Å²) in [6.07, 6.45) is 2.79. The monoisotopic (exact) mass is 434 g/mol. The number of piperidine rings is 1. The average Bonchev–Trinajstić information content (AvgIpc) is 2.78. The van der Waals surface area contributed by atoms with E-state index in [4.69, 9.17) is 4.74 Å². The average molecular weight is 435 g/mol. The molecule has 0 radical (unpaired) electrons. The fourth-order valence-electron chi connectivity index (χ4n) is 4.30. The molecule has 0 aliphatic carbocycles. The zero-order valence-corrected chi connectivity index (χ0v) is 19.3. The molecular weight excluding hydrogens is 400 g/mol. The lowest BCUT2D eigenvalue weighted by molar-refractivity contribution is -0.0476. The normalized spacial score (nSPS) is 17.9. The van der Waals surface area contributed by atoms with Crippen molar-refractivity contribution in [1.29, 1.82) is 0 Å². The number of aliphatic hydroxyl groups excluding tert-OH is 1. The number of pyridine rings is 1. The van der Waals surface area contributed by atoms with Crippen LogP contribution in [0, 0.1) is 0 Å². The van der Waals surface area contributed by atoms with Gasteiger partial charge in [0.05, 0.1) is 11.1 Å². The molecule has 5 heteroatoms. The first-order valence-corrected chi connectivity index (χ1v) is 11.5. The minimum atomic E-state index is -0.850. The van der Waals surface area contributed by atoms with Gasteiger partial charge in [-0.1, -0.05) is 51.1 Å². The number of ether oxygens (including phenoxy) is 1. The highest BCUT2D eigenvalue weighted by atomic mass is 16.6. The van der Waals surface area contributed by atoms with Crippen LogP contribution in [0.4, 0.5) is 0 Å². The Labute approximate surface area is 190 Å². The highest BCUT2D eigenvalue weighted by Gasteiger charge is 2.34. The molecule has 1 aliphatic heterocycles. The highest BCUT2D eigenvalue weighted by molar-refractivity contribution is 5.78. The number of aromatic nitrogens is 1. The molecule has 1 fully saturated rings. The van der Waals surface area contributed by atoms with E-state index in [0.29, 0.717) is 25.0 Å². The second kappa shape index (κ2) is 9.18. The summed E-state index contributed by atoms with van der Waals surface area (Å²) < 4.78 is 5.70. The van der Waals surface area contributed by atoms with E-state index in [0.717, 1.165) is 36.1 Å². The smallest absolute Gasteiger partial charge is 0.198 e. The molecule has 1 saturated heterocycles. The Morgan fingerprint density at radius 1 is 1.06 bits per heavy atom. The molecule has 2 heterocycles. The summed E-state index contributed by atoms with van der Waals surface area (Å²) in [5.41, 5.74) is 2.31. The molecule has 1 aliphatic rings. The Morgan fingerprint density at radius 2 is 1.75 bits per heavy atom. The Hall–Kier alpha value is -2.47. The van der Waals surface area contributed by atoms with Crippen molar-refractivity contribution in [2.75, 3.05) is 19.6 Å². The van der Waals surface area contributed by atoms with Gasteiger partial charge in [0.15, 0.2) is 6.29 Å². The number of rotatable bonds is 6. The summed E-state index contributed by atoms with van der Waals surface area (Å²) in [5.74, 6) is 0.683. The largest absolute Gasteiger partial charge is 0.465 e. The van der Waals surface area contributed by atoms with E-state index >= 15 is 0 Å². The third-order valence-electron chi connectivity index (χ3n) is 6.50. The third kappa shape index (κ3) is 5.29. The Kier molecular flexibility index (Phi) is 6.52. The van der Waals surface area contributed by atoms with Crippen LogP contribution in [0.3, 0.4) is 0 Å². The van der Waals surface area contributed by atoms with Crippen LogP contribution in [0.1, 0.15) is 51.2 Å². The van der Waals surface area contributed by atoms with E-state index < -0.39 is 11.9 Å². The lowest BCUT2D eigenvalue weighted by atomic mass is 9.85. The van der Waals surface area contributed by atoms with Crippen LogP contribution in [-0.4, -0.2) is 46.0 Å². The second-order valence-corrected chi connectivity index (χ2v) is 9.93. The van der Waals surface area contributed by atoms with E-state index in [1.54, 1.807) is 6.20 Å². The van der Waals surface area contributed by atoms with Gasteiger partial charge in [-0.25, -0.2) is 0 Å². The van der Waals surface area contributed by atoms with E-state index in [1.807, 2.05) is 36.4 Å². The molecule has 32 heavy (non-hydrogen) atoms. The van der Waals surface area contributed by atoms with Gasteiger partial charge >= 0.3 is 0 Å². The van der Waals surface area contributed by atoms with Gasteiger partial charge < -0.3 is 19.8 Å². The van der Waals surface area contributed by atoms with Gasteiger partial charge in [-0.2, -0.15) is 0 Å². The maximum absolute atomic E-state index is 11.2. The van der Waals surface area contributed by atoms with E-state index in [-0.39, 0.29) is 5.41 Å². The molecule has 4 rings (SSSR count). The lowest BCUT2D eigenvalue weighted by Gasteiger charge is -2.38. The predicted molar refractivity (Wildman–Crippen MR) is 128 cm³/mol. The number of benzene rings is 2. The van der Waals surface area contributed by atoms with Gasteiger partial charge in [0.1, 0.15) is 5.75 Å². The number of para-hydroxylation sites is 1. The minimum Gasteiger partial charge on any atom is -0.465 e. The van der Waals surface area contributed by atoms with Crippen molar-refractivity contribution in [2.45, 2.75) is 57.3 Å². The fourth-order valence-corrected chi connectivity index (χ4v) is 4.30. The maximum atomic E-state index is 11.2. The summed E-state index contributed by atoms with van der Waals surface area (Å²) in [6.45, 7) is 8.80. The van der Waals surface area contributed by atoms with Crippen LogP contribution in [0.2, 0.25) is 0 Å². The minimum absolute atomic E-state index is 0.0935. The maximum Gasteiger partial charge on any atom is 0.198 e. The van der Waals surface area contributed by atoms with Crippen molar-refractivity contribution >= 4 is 10.9 Å². The molecule has 0 amide bonds. The summed E-state index contributed by atoms with van der Waals surface area (Å²) in [5, 5.41) is 22.6. The quantitative estimate of drug-likeness (QED) is 0.555. The zero-order valence-electron chi connectivity index (χ0n) is 19.3. The van der Waals surface area contributed by atoms with Crippen molar-refractivity contribution in [1.82, 2.24) is 9.88 Å². The van der Waals surface area contributed by atoms with Crippen LogP contribution in [0.15, 0.2) is 60.8 Å². The van der Waals surface area contributed by atoms with Crippen molar-refractivity contribution in [3.05, 3.63) is 71.9 Å². The second-order valence-electron chi connectivity index (χ2n) is 9.93. The highest BCUT2D eigenvalue weighted by Crippen LogP contribution is 2.34. The van der Waals surface area contributed by atoms with Crippen LogP contribution >= 0.6 is 0 Å². The van der Waals surface area contributed by atoms with E-state index in [1.165, 1.54) is 5.56 Å². The molecule has 3 aromatic rings. The number of aliphatic hydroxyl groups is 2. The van der Waals surface area contributed by atoms with Gasteiger partial charge in [0, 0.05) is 43.2 Å². The SMILES string of the molecule is CC(C)(C)c1ccc(OC(O)CCN2CCC(O)(c3cnc4ccccc4c3)CC2)cc1. The van der Waals surface area contributed by atoms with Gasteiger partial charge in [0.25, 0.3) is 0 Å². The number of fused-ring (bicyclic) bond motifs is 1. The molecule has 1 aromatic heterocycles. The summed E-state index contributed by atoms with van der Waals surface area (Å²) in [4.78, 5) is 6.79. The molecule has 2 aromatic carbocycles. The molecule has 0 saturated carbocycles. The molecule has 5 nitrogen and oxygen atoms in total. The van der Waals surface area contributed by atoms with E-state index in [9.17, 15) is 10.2 Å². The van der Waals surface area contributed by atoms with E-state index in [2.05, 4.69) is 48.9 Å². The fraction of sp³-hybridized carbons (Fsp3) is 0.444. The third-order valence-corrected chi connectivity index (χ3v) is 6.50. The predicted octanol–water partition coefficient (Wildman–Crippen LogP) is 4.60. The topological polar surface area (TPSA) is 65.8 Å². The lowest BCUT2D eigenvalue weighted by Crippen LogP contribution is -2.43. The molecular formula is C27H34N2O3. The number of hydrogen-bond donors (Lipinski definition) is 2. The Balaban J connectivity index is 1.27. The number of likely N-dealkylation sites (tertiary alicyclic amines) is 1. The molecule has 0 bridgehead atoms.